The molecule has 0 radical (unpaired) electrons. The highest BCUT2D eigenvalue weighted by Gasteiger charge is 2.17. The van der Waals surface area contributed by atoms with Gasteiger partial charge in [0, 0.05) is 49.5 Å². The van der Waals surface area contributed by atoms with Crippen molar-refractivity contribution in [2.75, 3.05) is 0 Å². The molecule has 0 amide bonds. The summed E-state index contributed by atoms with van der Waals surface area (Å²) in [6.45, 7) is 0. The zero-order valence-electron chi connectivity index (χ0n) is 37.6. The molecular weight excluding hydrogens is 685 g/mol. The number of benzene rings is 8. The Morgan fingerprint density at radius 3 is 1.66 bits per heavy atom. The lowest BCUT2D eigenvalue weighted by Crippen LogP contribution is -2.00. The van der Waals surface area contributed by atoms with E-state index in [9.17, 15) is 0 Å². The van der Waals surface area contributed by atoms with E-state index in [2.05, 4.69) is 24.3 Å². The van der Waals surface area contributed by atoms with Gasteiger partial charge in [-0.1, -0.05) is 158 Å². The van der Waals surface area contributed by atoms with E-state index in [-0.39, 0.29) is 46.0 Å². The van der Waals surface area contributed by atoms with Crippen LogP contribution in [0.3, 0.4) is 0 Å². The maximum Gasteiger partial charge on any atom is 0.164 e. The first-order valence-corrected chi connectivity index (χ1v) is 18.1. The van der Waals surface area contributed by atoms with E-state index >= 15 is 0 Å². The summed E-state index contributed by atoms with van der Waals surface area (Å²) in [5.74, 6) is 1.46. The second kappa shape index (κ2) is 13.0. The summed E-state index contributed by atoms with van der Waals surface area (Å²) in [7, 11) is 0. The van der Waals surface area contributed by atoms with Crippen LogP contribution in [0.4, 0.5) is 0 Å². The lowest BCUT2D eigenvalue weighted by molar-refractivity contribution is 0.670. The lowest BCUT2D eigenvalue weighted by atomic mass is 10.0. The summed E-state index contributed by atoms with van der Waals surface area (Å²) < 4.78 is 77.2. The van der Waals surface area contributed by atoms with Gasteiger partial charge in [-0.3, -0.25) is 0 Å². The average molecular weight is 725 g/mol. The zero-order valence-corrected chi connectivity index (χ0v) is 29.6. The van der Waals surface area contributed by atoms with Gasteiger partial charge in [0.1, 0.15) is 11.2 Å². The first-order valence-electron chi connectivity index (χ1n) is 22.1. The molecule has 0 fully saturated rings. The van der Waals surface area contributed by atoms with E-state index in [1.807, 2.05) is 109 Å². The molecule has 11 aromatic rings. The van der Waals surface area contributed by atoms with Crippen LogP contribution < -0.4 is 0 Å². The topological polar surface area (TPSA) is 56.7 Å². The van der Waals surface area contributed by atoms with Gasteiger partial charge in [-0.2, -0.15) is 0 Å². The molecule has 0 bridgehead atoms. The molecule has 262 valence electrons. The third kappa shape index (κ3) is 5.37. The number of aromatic nitrogens is 4. The minimum absolute atomic E-state index is 0.0315. The second-order valence-corrected chi connectivity index (χ2v) is 13.4. The molecule has 3 heterocycles. The van der Waals surface area contributed by atoms with Crippen LogP contribution in [-0.4, -0.2) is 19.5 Å². The van der Waals surface area contributed by atoms with Gasteiger partial charge >= 0.3 is 0 Å². The van der Waals surface area contributed by atoms with E-state index in [4.69, 9.17) is 30.3 Å². The fourth-order valence-electron chi connectivity index (χ4n) is 7.45. The van der Waals surface area contributed by atoms with Crippen molar-refractivity contribution >= 4 is 43.7 Å². The van der Waals surface area contributed by atoms with Gasteiger partial charge < -0.3 is 8.98 Å². The molecule has 11 rings (SSSR count). The molecule has 0 aliphatic rings. The summed E-state index contributed by atoms with van der Waals surface area (Å²) in [5.41, 5.74) is 8.12. The fourth-order valence-corrected chi connectivity index (χ4v) is 7.45. The van der Waals surface area contributed by atoms with Gasteiger partial charge in [0.15, 0.2) is 17.5 Å². The Bertz CT molecular complexity index is 3630. The standard InChI is InChI=1S/C51H32N4O/c1-3-13-34(14-4-1)40-21-12-22-44-43-30-29-38(32-47(43)56-48(40)44)51-53-49(35-15-5-2-6-16-35)52-50(54-51)36-27-25-33(26-28-36)37-17-11-18-39(31-37)55-45-23-9-7-19-41(45)42-20-8-10-24-46(42)55/h1-32H/i7D,8D,9D,10D,19D,20D,23D,24D. The van der Waals surface area contributed by atoms with Crippen LogP contribution in [-0.2, 0) is 0 Å². The molecule has 56 heavy (non-hydrogen) atoms. The Morgan fingerprint density at radius 1 is 0.411 bits per heavy atom. The van der Waals surface area contributed by atoms with Gasteiger partial charge in [0.05, 0.1) is 22.0 Å². The highest BCUT2D eigenvalue weighted by Crippen LogP contribution is 2.38. The first-order chi connectivity index (χ1) is 31.1. The monoisotopic (exact) mass is 724 g/mol. The average Bonchev–Trinajstić information content (AvgIpc) is 3.91. The number of hydrogen-bond acceptors (Lipinski definition) is 4. The summed E-state index contributed by atoms with van der Waals surface area (Å²) in [5, 5.41) is 2.07. The van der Waals surface area contributed by atoms with Crippen molar-refractivity contribution in [1.29, 1.82) is 0 Å². The molecule has 0 aliphatic carbocycles. The number of para-hydroxylation sites is 3. The van der Waals surface area contributed by atoms with E-state index in [0.29, 0.717) is 28.7 Å². The lowest BCUT2D eigenvalue weighted by Gasteiger charge is -2.11. The Labute approximate surface area is 334 Å². The molecule has 0 N–H and O–H groups in total. The van der Waals surface area contributed by atoms with Crippen LogP contribution in [0.2, 0.25) is 0 Å². The van der Waals surface area contributed by atoms with E-state index in [1.165, 1.54) is 4.57 Å². The number of furan rings is 1. The molecule has 5 nitrogen and oxygen atoms in total. The number of nitrogens with zero attached hydrogens (tertiary/aromatic N) is 4. The Hall–Kier alpha value is -7.63. The van der Waals surface area contributed by atoms with Gasteiger partial charge in [-0.15, -0.1) is 0 Å². The predicted octanol–water partition coefficient (Wildman–Crippen LogP) is 13.2. The van der Waals surface area contributed by atoms with Crippen molar-refractivity contribution in [2.45, 2.75) is 0 Å². The fraction of sp³-hybridized carbons (Fsp3) is 0. The molecule has 0 saturated heterocycles. The Balaban J connectivity index is 1.01. The molecule has 0 unspecified atom stereocenters. The first kappa shape index (κ1) is 24.6. The number of rotatable bonds is 6. The molecule has 3 aromatic heterocycles. The molecule has 0 saturated carbocycles. The summed E-state index contributed by atoms with van der Waals surface area (Å²) >= 11 is 0. The van der Waals surface area contributed by atoms with E-state index in [0.717, 1.165) is 55.3 Å². The van der Waals surface area contributed by atoms with E-state index in [1.54, 1.807) is 12.1 Å². The van der Waals surface area contributed by atoms with Crippen LogP contribution in [0.15, 0.2) is 198 Å². The normalized spacial score (nSPS) is 13.6. The van der Waals surface area contributed by atoms with Crippen molar-refractivity contribution in [3.8, 4) is 62.1 Å². The van der Waals surface area contributed by atoms with Crippen LogP contribution in [0.5, 0.6) is 0 Å². The summed E-state index contributed by atoms with van der Waals surface area (Å²) in [6.07, 6.45) is 0. The maximum atomic E-state index is 8.91. The second-order valence-electron chi connectivity index (χ2n) is 13.4. The van der Waals surface area contributed by atoms with Crippen molar-refractivity contribution in [2.24, 2.45) is 0 Å². The number of hydrogen-bond donors (Lipinski definition) is 0. The highest BCUT2D eigenvalue weighted by molar-refractivity contribution is 6.11. The SMILES string of the molecule is [2H]c1c([2H])c([2H])c2c(c1[2H])c1c([2H])c([2H])c([2H])c([2H])c1n2-c1cccc(-c2ccc(-c3nc(-c4ccccc4)nc(-c4ccc5c(c4)oc4c(-c6ccccc6)cccc45)n3)cc2)c1. The zero-order chi connectivity index (χ0) is 44.0. The molecule has 0 atom stereocenters. The molecule has 8 aromatic carbocycles. The smallest absolute Gasteiger partial charge is 0.164 e. The Morgan fingerprint density at radius 2 is 0.964 bits per heavy atom. The predicted molar refractivity (Wildman–Crippen MR) is 229 cm³/mol. The van der Waals surface area contributed by atoms with Crippen LogP contribution in [0.1, 0.15) is 11.0 Å². The van der Waals surface area contributed by atoms with Crippen LogP contribution in [0, 0.1) is 0 Å². The molecule has 0 spiro atoms. The largest absolute Gasteiger partial charge is 0.455 e. The van der Waals surface area contributed by atoms with Gasteiger partial charge in [-0.05, 0) is 53.0 Å². The van der Waals surface area contributed by atoms with Crippen molar-refractivity contribution < 1.29 is 15.4 Å². The highest BCUT2D eigenvalue weighted by atomic mass is 16.3. The summed E-state index contributed by atoms with van der Waals surface area (Å²) in [6, 6.07) is 43.8. The van der Waals surface area contributed by atoms with Gasteiger partial charge in [0.2, 0.25) is 0 Å². The quantitative estimate of drug-likeness (QED) is 0.171. The molecular formula is C51H32N4O. The maximum absolute atomic E-state index is 8.91. The van der Waals surface area contributed by atoms with Crippen molar-refractivity contribution in [1.82, 2.24) is 19.5 Å². The van der Waals surface area contributed by atoms with Crippen LogP contribution in [0.25, 0.3) is 106 Å². The third-order valence-electron chi connectivity index (χ3n) is 10.1. The van der Waals surface area contributed by atoms with E-state index < -0.39 is 24.2 Å². The van der Waals surface area contributed by atoms with Gasteiger partial charge in [-0.25, -0.2) is 15.0 Å². The third-order valence-corrected chi connectivity index (χ3v) is 10.1. The van der Waals surface area contributed by atoms with Crippen LogP contribution >= 0.6 is 0 Å². The molecule has 5 heteroatoms. The molecule has 0 aliphatic heterocycles. The van der Waals surface area contributed by atoms with Gasteiger partial charge in [0.25, 0.3) is 0 Å². The minimum Gasteiger partial charge on any atom is -0.455 e. The minimum atomic E-state index is -0.483. The Kier molecular flexibility index (Phi) is 5.74. The van der Waals surface area contributed by atoms with Crippen molar-refractivity contribution in [3.05, 3.63) is 194 Å². The summed E-state index contributed by atoms with van der Waals surface area (Å²) in [4.78, 5) is 14.9. The van der Waals surface area contributed by atoms with Crippen molar-refractivity contribution in [3.63, 3.8) is 0 Å². The number of fused-ring (bicyclic) bond motifs is 6.